The molecule has 2 heterocycles. The number of fused-ring (bicyclic) bond motifs is 2. The molecule has 0 aliphatic rings. The van der Waals surface area contributed by atoms with Crippen molar-refractivity contribution in [2.75, 3.05) is 20.3 Å². The maximum absolute atomic E-state index is 14.2. The number of aliphatic hydroxyl groups excluding tert-OH is 1. The van der Waals surface area contributed by atoms with E-state index in [2.05, 4.69) is 15.0 Å². The summed E-state index contributed by atoms with van der Waals surface area (Å²) in [6.45, 7) is 1.83. The third-order valence-electron chi connectivity index (χ3n) is 4.00. The van der Waals surface area contributed by atoms with Crippen LogP contribution in [-0.2, 0) is 0 Å². The summed E-state index contributed by atoms with van der Waals surface area (Å²) in [5.41, 5.74) is 3.80. The van der Waals surface area contributed by atoms with Crippen molar-refractivity contribution in [2.45, 2.75) is 6.92 Å². The molecule has 1 N–H and O–H groups in total. The lowest BCUT2D eigenvalue weighted by Crippen LogP contribution is -2.02. The van der Waals surface area contributed by atoms with Gasteiger partial charge in [0.25, 0.3) is 0 Å². The van der Waals surface area contributed by atoms with E-state index in [9.17, 15) is 4.39 Å². The molecule has 0 saturated carbocycles. The minimum Gasteiger partial charge on any atom is -0.488 e. The number of halogens is 1. The van der Waals surface area contributed by atoms with Crippen LogP contribution in [-0.4, -0.2) is 40.4 Å². The molecular weight excluding hydrogens is 369 g/mol. The SMILES string of the molecule is COc1cnc2c(-c3nc4cc(F)c(OCCO)cc4s3)cc(C)cc2n1. The van der Waals surface area contributed by atoms with Gasteiger partial charge in [0.15, 0.2) is 11.6 Å². The van der Waals surface area contributed by atoms with Crippen LogP contribution in [0.4, 0.5) is 4.39 Å². The molecule has 0 unspecified atom stereocenters. The predicted molar refractivity (Wildman–Crippen MR) is 102 cm³/mol. The van der Waals surface area contributed by atoms with Crippen LogP contribution in [0.3, 0.4) is 0 Å². The number of nitrogens with zero attached hydrogens (tertiary/aromatic N) is 3. The van der Waals surface area contributed by atoms with Crippen LogP contribution in [0.25, 0.3) is 31.8 Å². The second kappa shape index (κ2) is 7.05. The number of hydrogen-bond acceptors (Lipinski definition) is 7. The van der Waals surface area contributed by atoms with Gasteiger partial charge >= 0.3 is 0 Å². The summed E-state index contributed by atoms with van der Waals surface area (Å²) >= 11 is 1.42. The van der Waals surface area contributed by atoms with E-state index < -0.39 is 5.82 Å². The third kappa shape index (κ3) is 3.29. The van der Waals surface area contributed by atoms with Gasteiger partial charge in [0.2, 0.25) is 5.88 Å². The predicted octanol–water partition coefficient (Wildman–Crippen LogP) is 3.73. The summed E-state index contributed by atoms with van der Waals surface area (Å²) in [5, 5.41) is 9.59. The number of aryl methyl sites for hydroxylation is 1. The monoisotopic (exact) mass is 385 g/mol. The first-order valence-corrected chi connectivity index (χ1v) is 9.06. The first kappa shape index (κ1) is 17.6. The fraction of sp³-hybridized carbons (Fsp3) is 0.211. The van der Waals surface area contributed by atoms with Crippen LogP contribution >= 0.6 is 11.3 Å². The summed E-state index contributed by atoms with van der Waals surface area (Å²) in [4.78, 5) is 13.5. The normalized spacial score (nSPS) is 11.3. The molecule has 2 aromatic carbocycles. The van der Waals surface area contributed by atoms with Gasteiger partial charge in [0.05, 0.1) is 41.2 Å². The molecule has 0 atom stereocenters. The highest BCUT2D eigenvalue weighted by molar-refractivity contribution is 7.21. The topological polar surface area (TPSA) is 77.4 Å². The molecule has 2 aromatic heterocycles. The van der Waals surface area contributed by atoms with Gasteiger partial charge in [0, 0.05) is 17.7 Å². The minimum atomic E-state index is -0.508. The number of aliphatic hydroxyl groups is 1. The summed E-state index contributed by atoms with van der Waals surface area (Å²) in [6.07, 6.45) is 1.56. The molecule has 0 spiro atoms. The lowest BCUT2D eigenvalue weighted by atomic mass is 10.1. The van der Waals surface area contributed by atoms with Crippen LogP contribution in [0.2, 0.25) is 0 Å². The molecule has 4 rings (SSSR count). The summed E-state index contributed by atoms with van der Waals surface area (Å²) < 4.78 is 25.4. The molecule has 138 valence electrons. The van der Waals surface area contributed by atoms with Crippen LogP contribution in [0.15, 0.2) is 30.5 Å². The minimum absolute atomic E-state index is 0.0357. The van der Waals surface area contributed by atoms with Crippen molar-refractivity contribution >= 4 is 32.6 Å². The zero-order valence-electron chi connectivity index (χ0n) is 14.7. The van der Waals surface area contributed by atoms with E-state index in [-0.39, 0.29) is 19.0 Å². The van der Waals surface area contributed by atoms with Gasteiger partial charge in [-0.2, -0.15) is 0 Å². The van der Waals surface area contributed by atoms with Crippen molar-refractivity contribution in [1.82, 2.24) is 15.0 Å². The van der Waals surface area contributed by atoms with E-state index in [0.717, 1.165) is 20.8 Å². The molecule has 0 saturated heterocycles. The quantitative estimate of drug-likeness (QED) is 0.564. The number of hydrogen-bond donors (Lipinski definition) is 1. The maximum Gasteiger partial charge on any atom is 0.232 e. The molecule has 4 aromatic rings. The maximum atomic E-state index is 14.2. The summed E-state index contributed by atoms with van der Waals surface area (Å²) in [7, 11) is 1.55. The number of ether oxygens (including phenoxy) is 2. The van der Waals surface area contributed by atoms with Gasteiger partial charge in [-0.15, -0.1) is 11.3 Å². The van der Waals surface area contributed by atoms with Crippen molar-refractivity contribution in [1.29, 1.82) is 0 Å². The molecular formula is C19H16FN3O3S. The average molecular weight is 385 g/mol. The fourth-order valence-electron chi connectivity index (χ4n) is 2.82. The molecule has 0 amide bonds. The molecule has 0 aliphatic heterocycles. The number of rotatable bonds is 5. The van der Waals surface area contributed by atoms with Gasteiger partial charge in [-0.05, 0) is 24.6 Å². The van der Waals surface area contributed by atoms with Crippen molar-refractivity contribution in [2.24, 2.45) is 0 Å². The van der Waals surface area contributed by atoms with E-state index in [1.54, 1.807) is 19.4 Å². The number of methoxy groups -OCH3 is 1. The highest BCUT2D eigenvalue weighted by Crippen LogP contribution is 2.36. The van der Waals surface area contributed by atoms with Crippen LogP contribution in [0, 0.1) is 12.7 Å². The van der Waals surface area contributed by atoms with E-state index in [1.807, 2.05) is 19.1 Å². The van der Waals surface area contributed by atoms with Crippen molar-refractivity contribution in [3.05, 3.63) is 41.8 Å². The first-order chi connectivity index (χ1) is 13.1. The Bertz CT molecular complexity index is 1150. The summed E-state index contributed by atoms with van der Waals surface area (Å²) in [6, 6.07) is 6.87. The number of thiazole rings is 1. The van der Waals surface area contributed by atoms with Gasteiger partial charge in [0.1, 0.15) is 11.6 Å². The first-order valence-electron chi connectivity index (χ1n) is 8.24. The molecule has 0 fully saturated rings. The molecule has 8 heteroatoms. The molecule has 0 radical (unpaired) electrons. The van der Waals surface area contributed by atoms with Gasteiger partial charge < -0.3 is 14.6 Å². The number of aromatic nitrogens is 3. The standard InChI is InChI=1S/C19H16FN3O3S/c1-10-5-11(18-14(6-10)22-17(25-2)9-21-18)19-23-13-7-12(20)15(26-4-3-24)8-16(13)27-19/h5-9,24H,3-4H2,1-2H3. The Kier molecular flexibility index (Phi) is 4.59. The average Bonchev–Trinajstić information content (AvgIpc) is 3.07. The van der Waals surface area contributed by atoms with Crippen LogP contribution in [0.5, 0.6) is 11.6 Å². The van der Waals surface area contributed by atoms with Crippen molar-refractivity contribution in [3.63, 3.8) is 0 Å². The second-order valence-corrected chi connectivity index (χ2v) is 6.96. The molecule has 0 aliphatic carbocycles. The zero-order valence-corrected chi connectivity index (χ0v) is 15.5. The third-order valence-corrected chi connectivity index (χ3v) is 5.05. The van der Waals surface area contributed by atoms with Gasteiger partial charge in [-0.25, -0.2) is 19.3 Å². The Labute approximate surface area is 158 Å². The van der Waals surface area contributed by atoms with E-state index >= 15 is 0 Å². The molecule has 27 heavy (non-hydrogen) atoms. The Morgan fingerprint density at radius 1 is 1.15 bits per heavy atom. The Morgan fingerprint density at radius 3 is 2.78 bits per heavy atom. The van der Waals surface area contributed by atoms with Crippen molar-refractivity contribution in [3.8, 4) is 22.2 Å². The van der Waals surface area contributed by atoms with E-state index in [0.29, 0.717) is 22.4 Å². The largest absolute Gasteiger partial charge is 0.488 e. The Balaban J connectivity index is 1.86. The second-order valence-electron chi connectivity index (χ2n) is 5.93. The Hall–Kier alpha value is -2.84. The fourth-order valence-corrected chi connectivity index (χ4v) is 3.81. The van der Waals surface area contributed by atoms with Crippen LogP contribution in [0.1, 0.15) is 5.56 Å². The lowest BCUT2D eigenvalue weighted by Gasteiger charge is -2.06. The van der Waals surface area contributed by atoms with E-state index in [1.165, 1.54) is 17.4 Å². The molecule has 0 bridgehead atoms. The highest BCUT2D eigenvalue weighted by atomic mass is 32.1. The van der Waals surface area contributed by atoms with Crippen LogP contribution < -0.4 is 9.47 Å². The smallest absolute Gasteiger partial charge is 0.232 e. The lowest BCUT2D eigenvalue weighted by molar-refractivity contribution is 0.196. The molecule has 6 nitrogen and oxygen atoms in total. The Morgan fingerprint density at radius 2 is 2.00 bits per heavy atom. The van der Waals surface area contributed by atoms with Gasteiger partial charge in [-0.1, -0.05) is 0 Å². The van der Waals surface area contributed by atoms with Crippen molar-refractivity contribution < 1.29 is 19.0 Å². The van der Waals surface area contributed by atoms with E-state index in [4.69, 9.17) is 14.6 Å². The number of benzene rings is 2. The van der Waals surface area contributed by atoms with Gasteiger partial charge in [-0.3, -0.25) is 0 Å². The zero-order chi connectivity index (χ0) is 19.0. The highest BCUT2D eigenvalue weighted by Gasteiger charge is 2.15. The summed E-state index contributed by atoms with van der Waals surface area (Å²) in [5.74, 6) is 0.0351.